The number of aromatic nitrogens is 1. The largest absolute Gasteiger partial charge is 0.441 e. The lowest BCUT2D eigenvalue weighted by molar-refractivity contribution is -0.118. The molecule has 1 heterocycles. The molecular formula is C20H18ClFN2O2. The fraction of sp³-hybridized carbons (Fsp3) is 0.200. The van der Waals surface area contributed by atoms with E-state index in [2.05, 4.69) is 4.98 Å². The lowest BCUT2D eigenvalue weighted by Crippen LogP contribution is -2.30. The summed E-state index contributed by atoms with van der Waals surface area (Å²) in [6.45, 7) is 2.38. The first-order valence-electron chi connectivity index (χ1n) is 8.34. The zero-order valence-electron chi connectivity index (χ0n) is 14.3. The van der Waals surface area contributed by atoms with Gasteiger partial charge in [0.05, 0.1) is 11.2 Å². The molecule has 1 amide bonds. The van der Waals surface area contributed by atoms with Crippen LogP contribution < -0.4 is 4.90 Å². The molecule has 0 aliphatic carbocycles. The average Bonchev–Trinajstić information content (AvgIpc) is 3.11. The minimum Gasteiger partial charge on any atom is -0.441 e. The van der Waals surface area contributed by atoms with Gasteiger partial charge in [-0.25, -0.2) is 9.37 Å². The van der Waals surface area contributed by atoms with Crippen molar-refractivity contribution in [2.24, 2.45) is 0 Å². The molecule has 0 fully saturated rings. The second-order valence-electron chi connectivity index (χ2n) is 5.71. The Morgan fingerprint density at radius 3 is 2.62 bits per heavy atom. The maximum absolute atomic E-state index is 13.1. The van der Waals surface area contributed by atoms with E-state index < -0.39 is 0 Å². The second-order valence-corrected chi connectivity index (χ2v) is 6.12. The highest BCUT2D eigenvalue weighted by Gasteiger charge is 2.16. The topological polar surface area (TPSA) is 46.3 Å². The number of nitrogens with zero attached hydrogens (tertiary/aromatic N) is 2. The standard InChI is InChI=1S/C20H18ClFN2O2/c1-2-24(15-9-7-14(22)8-10-15)20(25)12-11-19-23-13-18(26-19)16-5-3-4-6-17(16)21/h3-10,13H,2,11-12H2,1H3. The average molecular weight is 373 g/mol. The van der Waals surface area contributed by atoms with Gasteiger partial charge in [-0.15, -0.1) is 0 Å². The van der Waals surface area contributed by atoms with Crippen molar-refractivity contribution in [1.82, 2.24) is 4.98 Å². The van der Waals surface area contributed by atoms with Crippen molar-refractivity contribution in [2.75, 3.05) is 11.4 Å². The molecule has 0 radical (unpaired) electrons. The van der Waals surface area contributed by atoms with Gasteiger partial charge in [-0.2, -0.15) is 0 Å². The van der Waals surface area contributed by atoms with E-state index in [9.17, 15) is 9.18 Å². The molecule has 6 heteroatoms. The molecule has 26 heavy (non-hydrogen) atoms. The van der Waals surface area contributed by atoms with Gasteiger partial charge in [-0.1, -0.05) is 23.7 Å². The van der Waals surface area contributed by atoms with Crippen molar-refractivity contribution in [3.8, 4) is 11.3 Å². The highest BCUT2D eigenvalue weighted by molar-refractivity contribution is 6.33. The van der Waals surface area contributed by atoms with Crippen LogP contribution in [-0.4, -0.2) is 17.4 Å². The zero-order chi connectivity index (χ0) is 18.5. The van der Waals surface area contributed by atoms with Gasteiger partial charge >= 0.3 is 0 Å². The van der Waals surface area contributed by atoms with Gasteiger partial charge in [0.25, 0.3) is 0 Å². The number of benzene rings is 2. The van der Waals surface area contributed by atoms with Crippen LogP contribution in [0.15, 0.2) is 59.1 Å². The third kappa shape index (κ3) is 4.11. The van der Waals surface area contributed by atoms with Crippen molar-refractivity contribution in [1.29, 1.82) is 0 Å². The van der Waals surface area contributed by atoms with Crippen LogP contribution in [0, 0.1) is 5.82 Å². The molecule has 0 N–H and O–H groups in total. The van der Waals surface area contributed by atoms with Gasteiger partial charge in [0.2, 0.25) is 5.91 Å². The normalized spacial score (nSPS) is 10.7. The predicted octanol–water partition coefficient (Wildman–Crippen LogP) is 5.12. The van der Waals surface area contributed by atoms with Crippen LogP contribution in [0.2, 0.25) is 5.02 Å². The molecule has 0 unspecified atom stereocenters. The van der Waals surface area contributed by atoms with Crippen LogP contribution in [0.3, 0.4) is 0 Å². The number of anilines is 1. The predicted molar refractivity (Wildman–Crippen MR) is 99.7 cm³/mol. The summed E-state index contributed by atoms with van der Waals surface area (Å²) >= 11 is 6.16. The van der Waals surface area contributed by atoms with Gasteiger partial charge in [-0.3, -0.25) is 4.79 Å². The Kier molecular flexibility index (Phi) is 5.68. The van der Waals surface area contributed by atoms with Crippen LogP contribution in [0.25, 0.3) is 11.3 Å². The van der Waals surface area contributed by atoms with E-state index in [1.165, 1.54) is 12.1 Å². The Balaban J connectivity index is 1.66. The Labute approximate surface area is 156 Å². The molecule has 0 spiro atoms. The van der Waals surface area contributed by atoms with Gasteiger partial charge in [0.15, 0.2) is 11.7 Å². The number of rotatable bonds is 6. The molecule has 0 bridgehead atoms. The van der Waals surface area contributed by atoms with Gasteiger partial charge in [0.1, 0.15) is 5.82 Å². The first-order chi connectivity index (χ1) is 12.6. The fourth-order valence-corrected chi connectivity index (χ4v) is 2.91. The maximum atomic E-state index is 13.1. The Hall–Kier alpha value is -2.66. The fourth-order valence-electron chi connectivity index (χ4n) is 2.68. The molecule has 1 aromatic heterocycles. The monoisotopic (exact) mass is 372 g/mol. The summed E-state index contributed by atoms with van der Waals surface area (Å²) in [7, 11) is 0. The lowest BCUT2D eigenvalue weighted by atomic mass is 10.2. The van der Waals surface area contributed by atoms with Crippen molar-refractivity contribution in [3.05, 3.63) is 71.5 Å². The summed E-state index contributed by atoms with van der Waals surface area (Å²) in [5, 5.41) is 0.583. The van der Waals surface area contributed by atoms with E-state index in [1.807, 2.05) is 25.1 Å². The second kappa shape index (κ2) is 8.15. The Morgan fingerprint density at radius 1 is 1.19 bits per heavy atom. The molecule has 0 saturated heterocycles. The Bertz CT molecular complexity index is 893. The van der Waals surface area contributed by atoms with Crippen LogP contribution in [0.5, 0.6) is 0 Å². The lowest BCUT2D eigenvalue weighted by Gasteiger charge is -2.20. The number of aryl methyl sites for hydroxylation is 1. The summed E-state index contributed by atoms with van der Waals surface area (Å²) in [5.41, 5.74) is 1.43. The molecular weight excluding hydrogens is 355 g/mol. The summed E-state index contributed by atoms with van der Waals surface area (Å²) in [6.07, 6.45) is 2.23. The number of carbonyl (C=O) groups is 1. The van der Waals surface area contributed by atoms with Crippen LogP contribution >= 0.6 is 11.6 Å². The summed E-state index contributed by atoms with van der Waals surface area (Å²) in [4.78, 5) is 18.3. The van der Waals surface area contributed by atoms with Crippen LogP contribution in [0.4, 0.5) is 10.1 Å². The summed E-state index contributed by atoms with van der Waals surface area (Å²) in [5.74, 6) is 0.646. The van der Waals surface area contributed by atoms with E-state index in [4.69, 9.17) is 16.0 Å². The van der Waals surface area contributed by atoms with Gasteiger partial charge in [0, 0.05) is 30.6 Å². The van der Waals surface area contributed by atoms with E-state index in [0.717, 1.165) is 5.56 Å². The molecule has 3 aromatic rings. The number of hydrogen-bond donors (Lipinski definition) is 0. The minimum atomic E-state index is -0.330. The first-order valence-corrected chi connectivity index (χ1v) is 8.72. The molecule has 2 aromatic carbocycles. The highest BCUT2D eigenvalue weighted by atomic mass is 35.5. The summed E-state index contributed by atoms with van der Waals surface area (Å²) in [6, 6.07) is 13.2. The van der Waals surface area contributed by atoms with Crippen LogP contribution in [-0.2, 0) is 11.2 Å². The third-order valence-corrected chi connectivity index (χ3v) is 4.33. The number of halogens is 2. The SMILES string of the molecule is CCN(C(=O)CCc1ncc(-c2ccccc2Cl)o1)c1ccc(F)cc1. The first kappa shape index (κ1) is 18.1. The zero-order valence-corrected chi connectivity index (χ0v) is 15.0. The molecule has 3 rings (SSSR count). The number of carbonyl (C=O) groups excluding carboxylic acids is 1. The van der Waals surface area contributed by atoms with Crippen molar-refractivity contribution in [2.45, 2.75) is 19.8 Å². The number of hydrogen-bond acceptors (Lipinski definition) is 3. The molecule has 0 atom stereocenters. The molecule has 0 saturated carbocycles. The highest BCUT2D eigenvalue weighted by Crippen LogP contribution is 2.28. The van der Waals surface area contributed by atoms with Gasteiger partial charge in [-0.05, 0) is 43.3 Å². The molecule has 0 aliphatic heterocycles. The number of oxazole rings is 1. The molecule has 134 valence electrons. The van der Waals surface area contributed by atoms with Crippen LogP contribution in [0.1, 0.15) is 19.2 Å². The smallest absolute Gasteiger partial charge is 0.227 e. The van der Waals surface area contributed by atoms with E-state index in [0.29, 0.717) is 35.3 Å². The summed E-state index contributed by atoms with van der Waals surface area (Å²) < 4.78 is 18.8. The van der Waals surface area contributed by atoms with E-state index >= 15 is 0 Å². The molecule has 0 aliphatic rings. The van der Waals surface area contributed by atoms with Crippen molar-refractivity contribution in [3.63, 3.8) is 0 Å². The number of amides is 1. The van der Waals surface area contributed by atoms with E-state index in [-0.39, 0.29) is 18.1 Å². The van der Waals surface area contributed by atoms with Crippen molar-refractivity contribution < 1.29 is 13.6 Å². The minimum absolute atomic E-state index is 0.0726. The van der Waals surface area contributed by atoms with Gasteiger partial charge < -0.3 is 9.32 Å². The molecule has 4 nitrogen and oxygen atoms in total. The Morgan fingerprint density at radius 2 is 1.92 bits per heavy atom. The van der Waals surface area contributed by atoms with E-state index in [1.54, 1.807) is 29.3 Å². The quantitative estimate of drug-likeness (QED) is 0.603. The maximum Gasteiger partial charge on any atom is 0.227 e. The third-order valence-electron chi connectivity index (χ3n) is 4.00. The van der Waals surface area contributed by atoms with Crippen molar-refractivity contribution >= 4 is 23.2 Å².